The van der Waals surface area contributed by atoms with E-state index in [-0.39, 0.29) is 18.0 Å². The summed E-state index contributed by atoms with van der Waals surface area (Å²) < 4.78 is 0. The highest BCUT2D eigenvalue weighted by molar-refractivity contribution is 5.96. The molecule has 0 aromatic rings. The molecule has 0 fully saturated rings. The van der Waals surface area contributed by atoms with Crippen molar-refractivity contribution in [1.29, 1.82) is 0 Å². The molecule has 3 amide bonds. The third-order valence-corrected chi connectivity index (χ3v) is 2.62. The van der Waals surface area contributed by atoms with E-state index in [0.29, 0.717) is 6.54 Å². The maximum absolute atomic E-state index is 11.8. The summed E-state index contributed by atoms with van der Waals surface area (Å²) >= 11 is 0. The first-order chi connectivity index (χ1) is 7.93. The predicted octanol–water partition coefficient (Wildman–Crippen LogP) is -0.110. The molecule has 1 atom stereocenters. The first kappa shape index (κ1) is 15.9. The summed E-state index contributed by atoms with van der Waals surface area (Å²) in [5.74, 6) is -0.296. The van der Waals surface area contributed by atoms with Gasteiger partial charge in [-0.15, -0.1) is 0 Å². The summed E-state index contributed by atoms with van der Waals surface area (Å²) in [6, 6.07) is -0.602. The molecule has 0 bridgehead atoms. The van der Waals surface area contributed by atoms with Crippen molar-refractivity contribution < 1.29 is 9.59 Å². The molecule has 17 heavy (non-hydrogen) atoms. The average Bonchev–Trinajstić information content (AvgIpc) is 2.28. The summed E-state index contributed by atoms with van der Waals surface area (Å²) in [6.45, 7) is 7.15. The molecule has 6 heteroatoms. The number of nitrogens with two attached hydrogens (primary N) is 1. The van der Waals surface area contributed by atoms with Crippen LogP contribution in [0.25, 0.3) is 0 Å². The number of hydrogen-bond donors (Lipinski definition) is 3. The SMILES string of the molecule is CNC(=O)NC(=O)C(C)N(CCCN)C(C)C. The molecule has 1 unspecified atom stereocenters. The number of imide groups is 1. The van der Waals surface area contributed by atoms with Gasteiger partial charge in [0.25, 0.3) is 0 Å². The summed E-state index contributed by atoms with van der Waals surface area (Å²) in [6.07, 6.45) is 0.829. The molecule has 6 nitrogen and oxygen atoms in total. The van der Waals surface area contributed by atoms with Crippen molar-refractivity contribution in [3.8, 4) is 0 Å². The van der Waals surface area contributed by atoms with Crippen molar-refractivity contribution in [3.05, 3.63) is 0 Å². The van der Waals surface area contributed by atoms with E-state index in [1.54, 1.807) is 6.92 Å². The zero-order valence-corrected chi connectivity index (χ0v) is 11.1. The van der Waals surface area contributed by atoms with Gasteiger partial charge in [0.1, 0.15) is 0 Å². The monoisotopic (exact) mass is 244 g/mol. The van der Waals surface area contributed by atoms with Gasteiger partial charge in [-0.2, -0.15) is 0 Å². The lowest BCUT2D eigenvalue weighted by Crippen LogP contribution is -2.51. The standard InChI is InChI=1S/C11H24N4O2/c1-8(2)15(7-5-6-12)9(3)10(16)14-11(17)13-4/h8-9H,5-7,12H2,1-4H3,(H2,13,14,16,17). The summed E-state index contributed by atoms with van der Waals surface area (Å²) in [5, 5.41) is 4.63. The second-order valence-electron chi connectivity index (χ2n) is 4.22. The third-order valence-electron chi connectivity index (χ3n) is 2.62. The molecule has 0 aromatic heterocycles. The minimum absolute atomic E-state index is 0.229. The number of nitrogens with zero attached hydrogens (tertiary/aromatic N) is 1. The first-order valence-electron chi connectivity index (χ1n) is 5.92. The number of carbonyl (C=O) groups excluding carboxylic acids is 2. The van der Waals surface area contributed by atoms with Gasteiger partial charge in [0.05, 0.1) is 6.04 Å². The topological polar surface area (TPSA) is 87.5 Å². The van der Waals surface area contributed by atoms with Gasteiger partial charge in [-0.1, -0.05) is 0 Å². The molecule has 0 aliphatic carbocycles. The van der Waals surface area contributed by atoms with Gasteiger partial charge < -0.3 is 11.1 Å². The van der Waals surface area contributed by atoms with Gasteiger partial charge in [0.15, 0.2) is 0 Å². The smallest absolute Gasteiger partial charge is 0.321 e. The van der Waals surface area contributed by atoms with Crippen LogP contribution in [-0.4, -0.2) is 49.1 Å². The Bertz CT molecular complexity index is 256. The second-order valence-corrected chi connectivity index (χ2v) is 4.22. The van der Waals surface area contributed by atoms with E-state index in [1.165, 1.54) is 7.05 Å². The first-order valence-corrected chi connectivity index (χ1v) is 5.92. The molecule has 0 aliphatic rings. The van der Waals surface area contributed by atoms with Crippen molar-refractivity contribution in [2.75, 3.05) is 20.1 Å². The minimum atomic E-state index is -0.482. The van der Waals surface area contributed by atoms with Crippen LogP contribution in [0, 0.1) is 0 Å². The highest BCUT2D eigenvalue weighted by Crippen LogP contribution is 2.06. The molecule has 4 N–H and O–H groups in total. The predicted molar refractivity (Wildman–Crippen MR) is 67.6 cm³/mol. The van der Waals surface area contributed by atoms with Crippen molar-refractivity contribution in [1.82, 2.24) is 15.5 Å². The van der Waals surface area contributed by atoms with Gasteiger partial charge in [-0.25, -0.2) is 4.79 Å². The third kappa shape index (κ3) is 5.65. The van der Waals surface area contributed by atoms with Crippen LogP contribution in [-0.2, 0) is 4.79 Å². The van der Waals surface area contributed by atoms with Gasteiger partial charge in [-0.05, 0) is 33.7 Å². The number of rotatable bonds is 6. The second kappa shape index (κ2) is 8.03. The van der Waals surface area contributed by atoms with E-state index < -0.39 is 6.03 Å². The molecule has 0 rings (SSSR count). The molecule has 0 spiro atoms. The molecule has 0 heterocycles. The van der Waals surface area contributed by atoms with Crippen LogP contribution >= 0.6 is 0 Å². The Morgan fingerprint density at radius 3 is 2.29 bits per heavy atom. The molecule has 100 valence electrons. The molecule has 0 saturated heterocycles. The van der Waals surface area contributed by atoms with Crippen LogP contribution < -0.4 is 16.4 Å². The number of carbonyl (C=O) groups is 2. The molecule has 0 aromatic carbocycles. The van der Waals surface area contributed by atoms with Gasteiger partial charge in [-0.3, -0.25) is 15.0 Å². The Morgan fingerprint density at radius 1 is 1.29 bits per heavy atom. The zero-order valence-electron chi connectivity index (χ0n) is 11.1. The van der Waals surface area contributed by atoms with E-state index in [0.717, 1.165) is 13.0 Å². The molecular weight excluding hydrogens is 220 g/mol. The summed E-state index contributed by atoms with van der Waals surface area (Å²) in [5.41, 5.74) is 5.46. The van der Waals surface area contributed by atoms with Crippen molar-refractivity contribution in [2.45, 2.75) is 39.3 Å². The highest BCUT2D eigenvalue weighted by Gasteiger charge is 2.24. The van der Waals surface area contributed by atoms with Crippen molar-refractivity contribution >= 4 is 11.9 Å². The Balaban J connectivity index is 4.43. The van der Waals surface area contributed by atoms with Crippen LogP contribution in [0.1, 0.15) is 27.2 Å². The number of amides is 3. The highest BCUT2D eigenvalue weighted by atomic mass is 16.2. The van der Waals surface area contributed by atoms with Gasteiger partial charge in [0.2, 0.25) is 5.91 Å². The summed E-state index contributed by atoms with van der Waals surface area (Å²) in [7, 11) is 1.47. The Labute approximate surface area is 103 Å². The van der Waals surface area contributed by atoms with Crippen LogP contribution in [0.15, 0.2) is 0 Å². The van der Waals surface area contributed by atoms with E-state index in [1.807, 2.05) is 18.7 Å². The van der Waals surface area contributed by atoms with Crippen molar-refractivity contribution in [2.24, 2.45) is 5.73 Å². The lowest BCUT2D eigenvalue weighted by Gasteiger charge is -2.31. The number of hydrogen-bond acceptors (Lipinski definition) is 4. The largest absolute Gasteiger partial charge is 0.341 e. The fourth-order valence-electron chi connectivity index (χ4n) is 1.60. The van der Waals surface area contributed by atoms with Crippen molar-refractivity contribution in [3.63, 3.8) is 0 Å². The van der Waals surface area contributed by atoms with E-state index in [2.05, 4.69) is 10.6 Å². The number of nitrogens with one attached hydrogen (secondary N) is 2. The molecular formula is C11H24N4O2. The average molecular weight is 244 g/mol. The fraction of sp³-hybridized carbons (Fsp3) is 0.818. The number of urea groups is 1. The van der Waals surface area contributed by atoms with Gasteiger partial charge >= 0.3 is 6.03 Å². The zero-order chi connectivity index (χ0) is 13.4. The van der Waals surface area contributed by atoms with Crippen LogP contribution in [0.3, 0.4) is 0 Å². The Morgan fingerprint density at radius 2 is 1.88 bits per heavy atom. The lowest BCUT2D eigenvalue weighted by atomic mass is 10.2. The normalized spacial score (nSPS) is 12.6. The van der Waals surface area contributed by atoms with E-state index in [4.69, 9.17) is 5.73 Å². The quantitative estimate of drug-likeness (QED) is 0.608. The lowest BCUT2D eigenvalue weighted by molar-refractivity contribution is -0.125. The van der Waals surface area contributed by atoms with Crippen LogP contribution in [0.2, 0.25) is 0 Å². The molecule has 0 radical (unpaired) electrons. The summed E-state index contributed by atoms with van der Waals surface area (Å²) in [4.78, 5) is 24.8. The van der Waals surface area contributed by atoms with Crippen LogP contribution in [0.5, 0.6) is 0 Å². The molecule has 0 aliphatic heterocycles. The maximum Gasteiger partial charge on any atom is 0.321 e. The maximum atomic E-state index is 11.8. The molecule has 0 saturated carbocycles. The Kier molecular flexibility index (Phi) is 7.49. The fourth-order valence-corrected chi connectivity index (χ4v) is 1.60. The Hall–Kier alpha value is -1.14. The van der Waals surface area contributed by atoms with E-state index >= 15 is 0 Å². The van der Waals surface area contributed by atoms with Crippen LogP contribution in [0.4, 0.5) is 4.79 Å². The minimum Gasteiger partial charge on any atom is -0.341 e. The van der Waals surface area contributed by atoms with E-state index in [9.17, 15) is 9.59 Å². The van der Waals surface area contributed by atoms with Gasteiger partial charge in [0, 0.05) is 19.6 Å².